The number of aromatic nitrogens is 1. The van der Waals surface area contributed by atoms with Crippen LogP contribution in [0.25, 0.3) is 10.8 Å². The van der Waals surface area contributed by atoms with Crippen molar-refractivity contribution >= 4 is 22.4 Å². The number of pyridine rings is 1. The molecular formula is C28H28N2O7. The van der Waals surface area contributed by atoms with Gasteiger partial charge in [0.2, 0.25) is 5.88 Å². The number of nitrogens with zero attached hydrogens (tertiary/aromatic N) is 1. The highest BCUT2D eigenvalue weighted by Crippen LogP contribution is 2.32. The maximum Gasteiger partial charge on any atom is 0.329 e. The number of rotatable bonds is 10. The van der Waals surface area contributed by atoms with Crippen molar-refractivity contribution in [2.45, 2.75) is 45.8 Å². The van der Waals surface area contributed by atoms with Gasteiger partial charge >= 0.3 is 5.97 Å². The van der Waals surface area contributed by atoms with Crippen LogP contribution in [-0.2, 0) is 11.2 Å². The number of anilines is 1. The van der Waals surface area contributed by atoms with Crippen molar-refractivity contribution in [1.29, 1.82) is 0 Å². The first kappa shape index (κ1) is 25.7. The second kappa shape index (κ2) is 9.93. The van der Waals surface area contributed by atoms with Gasteiger partial charge in [0.1, 0.15) is 22.7 Å². The van der Waals surface area contributed by atoms with Crippen molar-refractivity contribution in [3.63, 3.8) is 0 Å². The Bertz CT molecular complexity index is 1540. The van der Waals surface area contributed by atoms with E-state index in [2.05, 4.69) is 10.3 Å². The second-order valence-corrected chi connectivity index (χ2v) is 9.37. The molecule has 0 amide bonds. The molecule has 0 fully saturated rings. The van der Waals surface area contributed by atoms with Gasteiger partial charge in [-0.2, -0.15) is 0 Å². The molecule has 1 heterocycles. The lowest BCUT2D eigenvalue weighted by Crippen LogP contribution is -2.49. The number of hydrogen-bond donors (Lipinski definition) is 2. The van der Waals surface area contributed by atoms with E-state index in [-0.39, 0.29) is 24.0 Å². The monoisotopic (exact) mass is 504 g/mol. The molecule has 0 aliphatic rings. The number of nitrogens with one attached hydrogen (secondary N) is 1. The van der Waals surface area contributed by atoms with Crippen LogP contribution in [0.3, 0.4) is 0 Å². The Morgan fingerprint density at radius 1 is 1.05 bits per heavy atom. The number of carboxylic acids is 1. The first-order chi connectivity index (χ1) is 17.5. The number of carboxylic acid groups (broad SMARTS) is 1. The number of fused-ring (bicyclic) bond motifs is 1. The van der Waals surface area contributed by atoms with Crippen LogP contribution in [0.15, 0.2) is 58.1 Å². The lowest BCUT2D eigenvalue weighted by molar-refractivity contribution is -0.141. The van der Waals surface area contributed by atoms with Gasteiger partial charge < -0.3 is 24.6 Å². The topological polar surface area (TPSA) is 124 Å². The molecule has 0 aliphatic heterocycles. The fraction of sp³-hybridized carbons (Fsp3) is 0.286. The van der Waals surface area contributed by atoms with Crippen molar-refractivity contribution < 1.29 is 24.1 Å². The summed E-state index contributed by atoms with van der Waals surface area (Å²) in [5.74, 6) is 0.316. The zero-order valence-corrected chi connectivity index (χ0v) is 21.2. The molecule has 1 aromatic heterocycles. The minimum absolute atomic E-state index is 0.0331. The van der Waals surface area contributed by atoms with E-state index in [0.717, 1.165) is 16.5 Å². The first-order valence-electron chi connectivity index (χ1n) is 11.7. The van der Waals surface area contributed by atoms with Gasteiger partial charge in [0, 0.05) is 17.5 Å². The summed E-state index contributed by atoms with van der Waals surface area (Å²) in [4.78, 5) is 40.7. The third-order valence-electron chi connectivity index (χ3n) is 5.92. The number of benzene rings is 2. The van der Waals surface area contributed by atoms with Crippen molar-refractivity contribution in [2.75, 3.05) is 12.4 Å². The maximum absolute atomic E-state index is 12.2. The molecule has 3 aromatic carbocycles. The van der Waals surface area contributed by atoms with E-state index in [1.165, 1.54) is 6.92 Å². The van der Waals surface area contributed by atoms with Crippen LogP contribution in [0, 0.1) is 6.92 Å². The number of ether oxygens (including phenoxy) is 3. The third kappa shape index (κ3) is 5.25. The molecule has 2 N–H and O–H groups in total. The molecule has 9 nitrogen and oxygen atoms in total. The highest BCUT2D eigenvalue weighted by atomic mass is 16.5. The molecule has 0 radical (unpaired) electrons. The van der Waals surface area contributed by atoms with Crippen LogP contribution in [-0.4, -0.2) is 34.8 Å². The van der Waals surface area contributed by atoms with Crippen LogP contribution >= 0.6 is 0 Å². The molecular weight excluding hydrogens is 476 g/mol. The third-order valence-corrected chi connectivity index (χ3v) is 5.92. The molecule has 0 unspecified atom stereocenters. The van der Waals surface area contributed by atoms with Crippen molar-refractivity contribution in [1.82, 2.24) is 4.98 Å². The minimum atomic E-state index is -1.56. The molecule has 0 spiro atoms. The van der Waals surface area contributed by atoms with Gasteiger partial charge in [-0.3, -0.25) is 9.59 Å². The summed E-state index contributed by atoms with van der Waals surface area (Å²) in [6.07, 6.45) is -0.306. The Morgan fingerprint density at radius 3 is 2.35 bits per heavy atom. The number of aliphatic carboxylic acids is 1. The Hall–Kier alpha value is -4.40. The zero-order chi connectivity index (χ0) is 26.9. The summed E-state index contributed by atoms with van der Waals surface area (Å²) in [6.45, 7) is 6.76. The number of carbonyl (C=O) groups is 1. The van der Waals surface area contributed by atoms with E-state index < -0.39 is 22.4 Å². The highest BCUT2D eigenvalue weighted by molar-refractivity contribution is 5.88. The van der Waals surface area contributed by atoms with E-state index in [9.17, 15) is 19.5 Å². The van der Waals surface area contributed by atoms with Crippen LogP contribution < -0.4 is 30.4 Å². The smallest absolute Gasteiger partial charge is 0.329 e. The molecule has 0 saturated carbocycles. The van der Waals surface area contributed by atoms with Crippen LogP contribution in [0.2, 0.25) is 0 Å². The van der Waals surface area contributed by atoms with Crippen molar-refractivity contribution in [2.24, 2.45) is 0 Å². The van der Waals surface area contributed by atoms with E-state index >= 15 is 0 Å². The Morgan fingerprint density at radius 2 is 1.73 bits per heavy atom. The average Bonchev–Trinajstić information content (AvgIpc) is 2.86. The van der Waals surface area contributed by atoms with Gasteiger partial charge in [-0.25, -0.2) is 9.78 Å². The zero-order valence-electron chi connectivity index (χ0n) is 21.2. The summed E-state index contributed by atoms with van der Waals surface area (Å²) < 4.78 is 16.8. The van der Waals surface area contributed by atoms with Crippen LogP contribution in [0.5, 0.6) is 23.1 Å². The Balaban J connectivity index is 1.56. The molecule has 4 aromatic rings. The van der Waals surface area contributed by atoms with E-state index in [4.69, 9.17) is 14.2 Å². The fourth-order valence-electron chi connectivity index (χ4n) is 4.01. The lowest BCUT2D eigenvalue weighted by atomic mass is 9.92. The summed E-state index contributed by atoms with van der Waals surface area (Å²) in [7, 11) is 1.59. The summed E-state index contributed by atoms with van der Waals surface area (Å²) in [5, 5.41) is 14.4. The van der Waals surface area contributed by atoms with Gasteiger partial charge in [0.25, 0.3) is 10.9 Å². The largest absolute Gasteiger partial charge is 0.497 e. The van der Waals surface area contributed by atoms with Gasteiger partial charge in [-0.1, -0.05) is 18.2 Å². The quantitative estimate of drug-likeness (QED) is 0.305. The predicted octanol–water partition coefficient (Wildman–Crippen LogP) is 4.23. The van der Waals surface area contributed by atoms with E-state index in [0.29, 0.717) is 22.9 Å². The highest BCUT2D eigenvalue weighted by Gasteiger charge is 2.37. The van der Waals surface area contributed by atoms with Gasteiger partial charge in [-0.15, -0.1) is 0 Å². The van der Waals surface area contributed by atoms with Crippen molar-refractivity contribution in [3.8, 4) is 23.1 Å². The molecule has 9 heteroatoms. The fourth-order valence-corrected chi connectivity index (χ4v) is 4.01. The molecule has 0 bridgehead atoms. The van der Waals surface area contributed by atoms with Gasteiger partial charge in [0.05, 0.1) is 13.2 Å². The van der Waals surface area contributed by atoms with Crippen molar-refractivity contribution in [3.05, 3.63) is 80.2 Å². The summed E-state index contributed by atoms with van der Waals surface area (Å²) in [5.41, 5.74) is -1.76. The molecule has 1 atom stereocenters. The number of aryl methyl sites for hydroxylation is 1. The van der Waals surface area contributed by atoms with Gasteiger partial charge in [0.15, 0.2) is 5.75 Å². The SMILES string of the molecule is COc1ccc2cc(C)nc(Oc3ccc(C[C@](C)(Nc4c(OC(C)C)c(=O)c4=O)C(=O)O)cc3)c2c1. The maximum atomic E-state index is 12.2. The molecule has 0 aliphatic carbocycles. The molecule has 4 rings (SSSR count). The minimum Gasteiger partial charge on any atom is -0.497 e. The Kier molecular flexibility index (Phi) is 6.89. The summed E-state index contributed by atoms with van der Waals surface area (Å²) in [6, 6.07) is 14.5. The van der Waals surface area contributed by atoms with E-state index in [1.54, 1.807) is 45.2 Å². The molecule has 192 valence electrons. The van der Waals surface area contributed by atoms with Crippen LogP contribution in [0.4, 0.5) is 5.69 Å². The van der Waals surface area contributed by atoms with Gasteiger partial charge in [-0.05, 0) is 69.0 Å². The van der Waals surface area contributed by atoms with Crippen LogP contribution in [0.1, 0.15) is 32.0 Å². The average molecular weight is 505 g/mol. The number of methoxy groups -OCH3 is 1. The normalized spacial score (nSPS) is 12.9. The predicted molar refractivity (Wildman–Crippen MR) is 140 cm³/mol. The molecule has 0 saturated heterocycles. The number of hydrogen-bond acceptors (Lipinski definition) is 8. The second-order valence-electron chi connectivity index (χ2n) is 9.37. The summed E-state index contributed by atoms with van der Waals surface area (Å²) >= 11 is 0. The Labute approximate surface area is 213 Å². The standard InChI is InChI=1S/C28H28N2O7/c1-15(2)36-25-22(23(31)24(25)32)30-28(4,27(33)34)14-17-6-9-19(10-7-17)37-26-21-13-20(35-5)11-8-18(21)12-16(3)29-26/h6-13,15,30H,14H2,1-5H3,(H,33,34)/t28-/m0/s1. The molecule has 37 heavy (non-hydrogen) atoms. The van der Waals surface area contributed by atoms with E-state index in [1.807, 2.05) is 31.2 Å². The first-order valence-corrected chi connectivity index (χ1v) is 11.7. The lowest BCUT2D eigenvalue weighted by Gasteiger charge is -2.29.